The highest BCUT2D eigenvalue weighted by atomic mass is 35.5. The van der Waals surface area contributed by atoms with Gasteiger partial charge in [0.1, 0.15) is 6.54 Å². The normalized spacial score (nSPS) is 13.2. The third-order valence-electron chi connectivity index (χ3n) is 3.21. The molecule has 0 radical (unpaired) electrons. The van der Waals surface area contributed by atoms with Gasteiger partial charge in [0, 0.05) is 6.20 Å². The standard InChI is InChI=1S/C15H10ClN3O3/c16-13-11(6-3-7-17-13)18-12(20)8-19-14(21)9-4-1-2-5-10(9)15(19)22/h1-7H,8H2,(H,18,20). The number of anilines is 1. The topological polar surface area (TPSA) is 79.4 Å². The first-order chi connectivity index (χ1) is 10.6. The zero-order valence-electron chi connectivity index (χ0n) is 11.2. The number of carbonyl (C=O) groups is 3. The molecule has 0 saturated heterocycles. The maximum absolute atomic E-state index is 12.1. The van der Waals surface area contributed by atoms with E-state index in [1.807, 2.05) is 0 Å². The van der Waals surface area contributed by atoms with Gasteiger partial charge in [-0.1, -0.05) is 23.7 Å². The number of rotatable bonds is 3. The number of hydrogen-bond donors (Lipinski definition) is 1. The Bertz CT molecular complexity index is 756. The number of imide groups is 1. The Morgan fingerprint density at radius 2 is 1.73 bits per heavy atom. The van der Waals surface area contributed by atoms with E-state index in [4.69, 9.17) is 11.6 Å². The molecule has 0 saturated carbocycles. The lowest BCUT2D eigenvalue weighted by Gasteiger charge is -2.13. The van der Waals surface area contributed by atoms with E-state index in [1.54, 1.807) is 36.4 Å². The second-order valence-corrected chi connectivity index (χ2v) is 4.99. The van der Waals surface area contributed by atoms with E-state index in [2.05, 4.69) is 10.3 Å². The Kier molecular flexibility index (Phi) is 3.60. The van der Waals surface area contributed by atoms with Gasteiger partial charge in [-0.25, -0.2) is 4.98 Å². The van der Waals surface area contributed by atoms with E-state index in [-0.39, 0.29) is 11.7 Å². The Morgan fingerprint density at radius 3 is 2.32 bits per heavy atom. The van der Waals surface area contributed by atoms with Crippen molar-refractivity contribution in [1.82, 2.24) is 9.88 Å². The monoisotopic (exact) mass is 315 g/mol. The smallest absolute Gasteiger partial charge is 0.262 e. The first kappa shape index (κ1) is 14.2. The molecule has 1 N–H and O–H groups in total. The fourth-order valence-corrected chi connectivity index (χ4v) is 2.36. The molecule has 0 fully saturated rings. The highest BCUT2D eigenvalue weighted by Gasteiger charge is 2.36. The second-order valence-electron chi connectivity index (χ2n) is 4.63. The van der Waals surface area contributed by atoms with Crippen molar-refractivity contribution < 1.29 is 14.4 Å². The van der Waals surface area contributed by atoms with Gasteiger partial charge >= 0.3 is 0 Å². The molecule has 0 bridgehead atoms. The van der Waals surface area contributed by atoms with Crippen molar-refractivity contribution in [3.63, 3.8) is 0 Å². The lowest BCUT2D eigenvalue weighted by Crippen LogP contribution is -2.37. The van der Waals surface area contributed by atoms with Crippen LogP contribution in [-0.2, 0) is 4.79 Å². The molecule has 0 unspecified atom stereocenters. The highest BCUT2D eigenvalue weighted by Crippen LogP contribution is 2.22. The Labute approximate surface area is 130 Å². The molecule has 1 aliphatic heterocycles. The molecular weight excluding hydrogens is 306 g/mol. The molecule has 7 heteroatoms. The van der Waals surface area contributed by atoms with Gasteiger partial charge in [-0.2, -0.15) is 0 Å². The molecule has 110 valence electrons. The van der Waals surface area contributed by atoms with E-state index in [0.29, 0.717) is 16.8 Å². The molecule has 0 aliphatic carbocycles. The highest BCUT2D eigenvalue weighted by molar-refractivity contribution is 6.32. The van der Waals surface area contributed by atoms with Crippen LogP contribution >= 0.6 is 11.6 Å². The maximum atomic E-state index is 12.1. The number of carbonyl (C=O) groups excluding carboxylic acids is 3. The molecule has 2 aromatic rings. The third-order valence-corrected chi connectivity index (χ3v) is 3.51. The van der Waals surface area contributed by atoms with Gasteiger partial charge in [0.05, 0.1) is 16.8 Å². The lowest BCUT2D eigenvalue weighted by atomic mass is 10.1. The minimum Gasteiger partial charge on any atom is -0.322 e. The fourth-order valence-electron chi connectivity index (χ4n) is 2.20. The summed E-state index contributed by atoms with van der Waals surface area (Å²) in [4.78, 5) is 41.1. The van der Waals surface area contributed by atoms with Gasteiger partial charge in [0.2, 0.25) is 5.91 Å². The molecule has 3 amide bonds. The number of benzene rings is 1. The second kappa shape index (κ2) is 5.57. The summed E-state index contributed by atoms with van der Waals surface area (Å²) >= 11 is 5.84. The largest absolute Gasteiger partial charge is 0.322 e. The summed E-state index contributed by atoms with van der Waals surface area (Å²) in [6, 6.07) is 9.65. The number of nitrogens with zero attached hydrogens (tertiary/aromatic N) is 2. The molecule has 1 aromatic carbocycles. The van der Waals surface area contributed by atoms with Crippen LogP contribution < -0.4 is 5.32 Å². The van der Waals surface area contributed by atoms with Gasteiger partial charge in [-0.3, -0.25) is 19.3 Å². The van der Waals surface area contributed by atoms with Gasteiger partial charge < -0.3 is 5.32 Å². The molecule has 0 atom stereocenters. The number of halogens is 1. The minimum atomic E-state index is -0.524. The lowest BCUT2D eigenvalue weighted by molar-refractivity contribution is -0.116. The molecule has 1 aliphatic rings. The SMILES string of the molecule is O=C(CN1C(=O)c2ccccc2C1=O)Nc1cccnc1Cl. The Morgan fingerprint density at radius 1 is 1.09 bits per heavy atom. The van der Waals surface area contributed by atoms with E-state index in [1.165, 1.54) is 6.20 Å². The van der Waals surface area contributed by atoms with Crippen LogP contribution in [0.1, 0.15) is 20.7 Å². The van der Waals surface area contributed by atoms with Gasteiger partial charge in [-0.15, -0.1) is 0 Å². The van der Waals surface area contributed by atoms with Crippen LogP contribution in [0, 0.1) is 0 Å². The van der Waals surface area contributed by atoms with Crippen molar-refractivity contribution in [1.29, 1.82) is 0 Å². The zero-order chi connectivity index (χ0) is 15.7. The first-order valence-electron chi connectivity index (χ1n) is 6.43. The van der Waals surface area contributed by atoms with Crippen molar-refractivity contribution in [3.05, 3.63) is 58.9 Å². The zero-order valence-corrected chi connectivity index (χ0v) is 12.0. The average Bonchev–Trinajstić information content (AvgIpc) is 2.75. The molecule has 6 nitrogen and oxygen atoms in total. The Balaban J connectivity index is 1.75. The van der Waals surface area contributed by atoms with E-state index in [9.17, 15) is 14.4 Å². The number of hydrogen-bond acceptors (Lipinski definition) is 4. The summed E-state index contributed by atoms with van der Waals surface area (Å²) in [6.07, 6.45) is 1.49. The van der Waals surface area contributed by atoms with Crippen LogP contribution in [-0.4, -0.2) is 34.2 Å². The van der Waals surface area contributed by atoms with E-state index in [0.717, 1.165) is 4.90 Å². The van der Waals surface area contributed by atoms with Crippen LogP contribution in [0.4, 0.5) is 5.69 Å². The Hall–Kier alpha value is -2.73. The van der Waals surface area contributed by atoms with Crippen molar-refractivity contribution in [2.45, 2.75) is 0 Å². The molecule has 0 spiro atoms. The molecule has 22 heavy (non-hydrogen) atoms. The van der Waals surface area contributed by atoms with Crippen LogP contribution in [0.25, 0.3) is 0 Å². The fraction of sp³-hybridized carbons (Fsp3) is 0.0667. The first-order valence-corrected chi connectivity index (χ1v) is 6.81. The van der Waals surface area contributed by atoms with Gasteiger partial charge in [0.15, 0.2) is 5.15 Å². The average molecular weight is 316 g/mol. The summed E-state index contributed by atoms with van der Waals surface area (Å²) in [5.74, 6) is -1.48. The summed E-state index contributed by atoms with van der Waals surface area (Å²) in [6.45, 7) is -0.377. The molecular formula is C15H10ClN3O3. The van der Waals surface area contributed by atoms with Crippen LogP contribution in [0.2, 0.25) is 5.15 Å². The van der Waals surface area contributed by atoms with Crippen LogP contribution in [0.5, 0.6) is 0 Å². The number of amides is 3. The molecule has 3 rings (SSSR count). The van der Waals surface area contributed by atoms with Crippen LogP contribution in [0.3, 0.4) is 0 Å². The van der Waals surface area contributed by atoms with Crippen molar-refractivity contribution in [3.8, 4) is 0 Å². The van der Waals surface area contributed by atoms with E-state index < -0.39 is 17.7 Å². The predicted octanol–water partition coefficient (Wildman–Crippen LogP) is 1.97. The molecule has 1 aromatic heterocycles. The summed E-state index contributed by atoms with van der Waals surface area (Å²) in [7, 11) is 0. The summed E-state index contributed by atoms with van der Waals surface area (Å²) in [5, 5.41) is 2.66. The van der Waals surface area contributed by atoms with Crippen molar-refractivity contribution >= 4 is 35.0 Å². The number of fused-ring (bicyclic) bond motifs is 1. The summed E-state index contributed by atoms with van der Waals surface area (Å²) in [5.41, 5.74) is 0.935. The van der Waals surface area contributed by atoms with Crippen molar-refractivity contribution in [2.24, 2.45) is 0 Å². The maximum Gasteiger partial charge on any atom is 0.262 e. The minimum absolute atomic E-state index is 0.137. The third kappa shape index (κ3) is 2.44. The quantitative estimate of drug-likeness (QED) is 0.693. The van der Waals surface area contributed by atoms with E-state index >= 15 is 0 Å². The van der Waals surface area contributed by atoms with Crippen LogP contribution in [0.15, 0.2) is 42.6 Å². The number of nitrogens with one attached hydrogen (secondary N) is 1. The van der Waals surface area contributed by atoms with Gasteiger partial charge in [-0.05, 0) is 24.3 Å². The van der Waals surface area contributed by atoms with Gasteiger partial charge in [0.25, 0.3) is 11.8 Å². The number of aromatic nitrogens is 1. The predicted molar refractivity (Wildman–Crippen MR) is 79.7 cm³/mol. The van der Waals surface area contributed by atoms with Crippen molar-refractivity contribution in [2.75, 3.05) is 11.9 Å². The number of pyridine rings is 1. The molecule has 2 heterocycles. The summed E-state index contributed by atoms with van der Waals surface area (Å²) < 4.78 is 0.